The van der Waals surface area contributed by atoms with Gasteiger partial charge in [0.2, 0.25) is 0 Å². The van der Waals surface area contributed by atoms with E-state index in [1.54, 1.807) is 24.3 Å². The summed E-state index contributed by atoms with van der Waals surface area (Å²) in [5, 5.41) is 8.95. The maximum atomic E-state index is 12.8. The zero-order valence-corrected chi connectivity index (χ0v) is 17.0. The van der Waals surface area contributed by atoms with Crippen molar-refractivity contribution in [3.63, 3.8) is 0 Å². The molecule has 0 spiro atoms. The number of carbonyl (C=O) groups is 2. The van der Waals surface area contributed by atoms with Crippen LogP contribution < -0.4 is 0 Å². The van der Waals surface area contributed by atoms with E-state index in [2.05, 4.69) is 47.6 Å². The minimum Gasteiger partial charge on any atom is -0.478 e. The van der Waals surface area contributed by atoms with Crippen LogP contribution in [0.15, 0.2) is 48.5 Å². The van der Waals surface area contributed by atoms with E-state index >= 15 is 0 Å². The molecule has 0 aliphatic carbocycles. The van der Waals surface area contributed by atoms with E-state index in [9.17, 15) is 9.59 Å². The number of aromatic carboxylic acids is 1. The molecule has 27 heavy (non-hydrogen) atoms. The van der Waals surface area contributed by atoms with Gasteiger partial charge in [-0.05, 0) is 57.9 Å². The second kappa shape index (κ2) is 7.51. The van der Waals surface area contributed by atoms with Crippen molar-refractivity contribution in [2.75, 3.05) is 0 Å². The standard InChI is InChI=1S/C24H28O3/c1-23(2,3)19-13-18(14-20(15-19)24(4,5)6)21(25)12-9-16-7-10-17(11-8-16)22(26)27/h7-15H,1-6H3,(H,26,27)/b12-9-. The first-order chi connectivity index (χ1) is 12.4. The minimum absolute atomic E-state index is 0.0489. The fraction of sp³-hybridized carbons (Fsp3) is 0.333. The van der Waals surface area contributed by atoms with E-state index in [1.807, 2.05) is 12.1 Å². The quantitative estimate of drug-likeness (QED) is 0.545. The molecule has 0 aliphatic rings. The number of rotatable bonds is 4. The first kappa shape index (κ1) is 20.6. The summed E-state index contributed by atoms with van der Waals surface area (Å²) in [6, 6.07) is 12.6. The normalized spacial score (nSPS) is 12.4. The monoisotopic (exact) mass is 364 g/mol. The van der Waals surface area contributed by atoms with Crippen molar-refractivity contribution in [3.8, 4) is 0 Å². The lowest BCUT2D eigenvalue weighted by Crippen LogP contribution is -2.17. The number of benzene rings is 2. The van der Waals surface area contributed by atoms with E-state index in [1.165, 1.54) is 12.1 Å². The molecule has 0 aliphatic heterocycles. The largest absolute Gasteiger partial charge is 0.478 e. The maximum absolute atomic E-state index is 12.8. The molecule has 0 aromatic heterocycles. The molecule has 0 saturated heterocycles. The summed E-state index contributed by atoms with van der Waals surface area (Å²) in [5.74, 6) is -1.02. The van der Waals surface area contributed by atoms with Crippen molar-refractivity contribution in [3.05, 3.63) is 76.4 Å². The van der Waals surface area contributed by atoms with Crippen LogP contribution in [0.4, 0.5) is 0 Å². The van der Waals surface area contributed by atoms with Crippen LogP contribution in [-0.4, -0.2) is 16.9 Å². The van der Waals surface area contributed by atoms with Gasteiger partial charge in [-0.2, -0.15) is 0 Å². The van der Waals surface area contributed by atoms with Gasteiger partial charge < -0.3 is 5.11 Å². The number of hydrogen-bond acceptors (Lipinski definition) is 2. The Labute approximate surface area is 161 Å². The Morgan fingerprint density at radius 3 is 1.67 bits per heavy atom. The van der Waals surface area contributed by atoms with Crippen molar-refractivity contribution in [1.82, 2.24) is 0 Å². The summed E-state index contributed by atoms with van der Waals surface area (Å²) in [7, 11) is 0. The van der Waals surface area contributed by atoms with E-state index in [-0.39, 0.29) is 22.2 Å². The molecule has 0 fully saturated rings. The molecule has 3 nitrogen and oxygen atoms in total. The summed E-state index contributed by atoms with van der Waals surface area (Å²) in [6.07, 6.45) is 3.26. The molecule has 1 N–H and O–H groups in total. The van der Waals surface area contributed by atoms with E-state index in [0.29, 0.717) is 5.56 Å². The van der Waals surface area contributed by atoms with Crippen LogP contribution >= 0.6 is 0 Å². The number of allylic oxidation sites excluding steroid dienone is 1. The lowest BCUT2D eigenvalue weighted by molar-refractivity contribution is 0.0696. The second-order valence-electron chi connectivity index (χ2n) is 8.92. The third-order valence-electron chi connectivity index (χ3n) is 4.53. The Morgan fingerprint density at radius 2 is 1.26 bits per heavy atom. The van der Waals surface area contributed by atoms with Crippen molar-refractivity contribution in [2.24, 2.45) is 0 Å². The summed E-state index contributed by atoms with van der Waals surface area (Å²) >= 11 is 0. The van der Waals surface area contributed by atoms with Gasteiger partial charge in [-0.25, -0.2) is 4.79 Å². The third kappa shape index (κ3) is 5.40. The molecular weight excluding hydrogens is 336 g/mol. The van der Waals surface area contributed by atoms with E-state index in [0.717, 1.165) is 16.7 Å². The molecule has 2 rings (SSSR count). The average molecular weight is 364 g/mol. The molecule has 2 aromatic carbocycles. The zero-order chi connectivity index (χ0) is 20.4. The number of carboxylic acid groups (broad SMARTS) is 1. The summed E-state index contributed by atoms with van der Waals surface area (Å²) in [6.45, 7) is 12.9. The second-order valence-corrected chi connectivity index (χ2v) is 8.92. The fourth-order valence-corrected chi connectivity index (χ4v) is 2.64. The Kier molecular flexibility index (Phi) is 5.74. The Morgan fingerprint density at radius 1 is 0.778 bits per heavy atom. The van der Waals surface area contributed by atoms with Crippen LogP contribution in [0.1, 0.15) is 78.9 Å². The highest BCUT2D eigenvalue weighted by Gasteiger charge is 2.21. The molecule has 0 radical (unpaired) electrons. The Hall–Kier alpha value is -2.68. The summed E-state index contributed by atoms with van der Waals surface area (Å²) < 4.78 is 0. The van der Waals surface area contributed by atoms with Gasteiger partial charge in [0.25, 0.3) is 0 Å². The molecule has 0 heterocycles. The predicted molar refractivity (Wildman–Crippen MR) is 111 cm³/mol. The lowest BCUT2D eigenvalue weighted by Gasteiger charge is -2.25. The van der Waals surface area contributed by atoms with E-state index < -0.39 is 5.97 Å². The maximum Gasteiger partial charge on any atom is 0.335 e. The van der Waals surface area contributed by atoms with Crippen LogP contribution in [0.5, 0.6) is 0 Å². The van der Waals surface area contributed by atoms with Crippen LogP contribution in [0.2, 0.25) is 0 Å². The smallest absolute Gasteiger partial charge is 0.335 e. The lowest BCUT2D eigenvalue weighted by atomic mass is 9.79. The molecule has 0 atom stereocenters. The Balaban J connectivity index is 2.35. The van der Waals surface area contributed by atoms with Gasteiger partial charge in [-0.3, -0.25) is 4.79 Å². The van der Waals surface area contributed by atoms with Crippen LogP contribution in [0.3, 0.4) is 0 Å². The number of carboxylic acids is 1. The van der Waals surface area contributed by atoms with Gasteiger partial charge in [0.1, 0.15) is 0 Å². The third-order valence-corrected chi connectivity index (χ3v) is 4.53. The highest BCUT2D eigenvalue weighted by molar-refractivity contribution is 6.07. The van der Waals surface area contributed by atoms with Gasteiger partial charge in [0.15, 0.2) is 5.78 Å². The highest BCUT2D eigenvalue weighted by atomic mass is 16.4. The topological polar surface area (TPSA) is 54.4 Å². The average Bonchev–Trinajstić information content (AvgIpc) is 2.58. The molecule has 142 valence electrons. The first-order valence-corrected chi connectivity index (χ1v) is 9.10. The summed E-state index contributed by atoms with van der Waals surface area (Å²) in [4.78, 5) is 23.7. The molecule has 3 heteroatoms. The Bertz CT molecular complexity index is 841. The van der Waals surface area contributed by atoms with Crippen molar-refractivity contribution in [2.45, 2.75) is 52.4 Å². The van der Waals surface area contributed by atoms with Crippen LogP contribution in [-0.2, 0) is 10.8 Å². The van der Waals surface area contributed by atoms with Crippen molar-refractivity contribution in [1.29, 1.82) is 0 Å². The number of carbonyl (C=O) groups excluding carboxylic acids is 1. The molecule has 2 aromatic rings. The zero-order valence-electron chi connectivity index (χ0n) is 17.0. The SMILES string of the molecule is CC(C)(C)c1cc(C(=O)/C=C\c2ccc(C(=O)O)cc2)cc(C(C)(C)C)c1. The van der Waals surface area contributed by atoms with Crippen LogP contribution in [0, 0.1) is 0 Å². The first-order valence-electron chi connectivity index (χ1n) is 9.10. The van der Waals surface area contributed by atoms with Crippen molar-refractivity contribution >= 4 is 17.8 Å². The molecule has 0 amide bonds. The van der Waals surface area contributed by atoms with Gasteiger partial charge in [0, 0.05) is 5.56 Å². The fourth-order valence-electron chi connectivity index (χ4n) is 2.64. The number of ketones is 1. The summed E-state index contributed by atoms with van der Waals surface area (Å²) in [5.41, 5.74) is 3.86. The molecule has 0 saturated carbocycles. The molecular formula is C24H28O3. The predicted octanol–water partition coefficient (Wildman–Crippen LogP) is 5.88. The molecule has 0 unspecified atom stereocenters. The minimum atomic E-state index is -0.963. The van der Waals surface area contributed by atoms with Gasteiger partial charge >= 0.3 is 5.97 Å². The van der Waals surface area contributed by atoms with Gasteiger partial charge in [-0.15, -0.1) is 0 Å². The van der Waals surface area contributed by atoms with E-state index in [4.69, 9.17) is 5.11 Å². The van der Waals surface area contributed by atoms with Gasteiger partial charge in [-0.1, -0.05) is 65.8 Å². The van der Waals surface area contributed by atoms with Crippen molar-refractivity contribution < 1.29 is 14.7 Å². The highest BCUT2D eigenvalue weighted by Crippen LogP contribution is 2.30. The van der Waals surface area contributed by atoms with Gasteiger partial charge in [0.05, 0.1) is 5.56 Å². The number of hydrogen-bond donors (Lipinski definition) is 1. The molecule has 0 bridgehead atoms. The van der Waals surface area contributed by atoms with Crippen LogP contribution in [0.25, 0.3) is 6.08 Å².